The predicted octanol–water partition coefficient (Wildman–Crippen LogP) is 4.11. The number of nitrogens with zero attached hydrogens (tertiary/aromatic N) is 2. The van der Waals surface area contributed by atoms with E-state index in [0.717, 1.165) is 10.2 Å². The molecule has 0 fully saturated rings. The van der Waals surface area contributed by atoms with Crippen LogP contribution in [0, 0.1) is 10.1 Å². The van der Waals surface area contributed by atoms with Crippen molar-refractivity contribution in [2.24, 2.45) is 4.99 Å². The number of aliphatic imine (C=N–C) groups is 1. The van der Waals surface area contributed by atoms with Gasteiger partial charge in [0.15, 0.2) is 0 Å². The van der Waals surface area contributed by atoms with Crippen molar-refractivity contribution < 1.29 is 4.92 Å². The number of benzene rings is 2. The van der Waals surface area contributed by atoms with Crippen molar-refractivity contribution in [3.63, 3.8) is 0 Å². The van der Waals surface area contributed by atoms with Crippen molar-refractivity contribution in [1.82, 2.24) is 0 Å². The van der Waals surface area contributed by atoms with Crippen LogP contribution in [0.5, 0.6) is 0 Å². The highest BCUT2D eigenvalue weighted by Crippen LogP contribution is 2.19. The van der Waals surface area contributed by atoms with Crippen LogP contribution in [0.4, 0.5) is 11.4 Å². The number of halogens is 1. The summed E-state index contributed by atoms with van der Waals surface area (Å²) in [6, 6.07) is 13.9. The Morgan fingerprint density at radius 1 is 1.11 bits per heavy atom. The molecule has 5 heteroatoms. The van der Waals surface area contributed by atoms with Gasteiger partial charge in [-0.15, -0.1) is 0 Å². The Hall–Kier alpha value is -2.01. The number of hydrogen-bond donors (Lipinski definition) is 0. The fourth-order valence-electron chi connectivity index (χ4n) is 1.43. The van der Waals surface area contributed by atoms with Crippen LogP contribution in [0.2, 0.25) is 0 Å². The Bertz CT molecular complexity index is 594. The van der Waals surface area contributed by atoms with Crippen molar-refractivity contribution in [2.75, 3.05) is 0 Å². The summed E-state index contributed by atoms with van der Waals surface area (Å²) in [5.41, 5.74) is 1.29. The van der Waals surface area contributed by atoms with Gasteiger partial charge in [-0.05, 0) is 30.3 Å². The Morgan fingerprint density at radius 2 is 1.78 bits per heavy atom. The summed E-state index contributed by atoms with van der Waals surface area (Å²) in [6.45, 7) is 0. The second-order valence-electron chi connectivity index (χ2n) is 3.55. The molecular formula is C13H9BrN2O2. The van der Waals surface area contributed by atoms with E-state index in [9.17, 15) is 10.1 Å². The standard InChI is InChI=1S/C13H9BrN2O2/c14-11-5-7-12(8-6-11)15-9-10-3-1-2-4-13(10)16(17)18/h1-9H. The van der Waals surface area contributed by atoms with E-state index in [1.54, 1.807) is 18.2 Å². The molecule has 0 bridgehead atoms. The molecule has 0 spiro atoms. The lowest BCUT2D eigenvalue weighted by atomic mass is 10.2. The molecule has 0 atom stereocenters. The SMILES string of the molecule is O=[N+]([O-])c1ccccc1C=Nc1ccc(Br)cc1. The molecule has 0 aliphatic heterocycles. The first-order chi connectivity index (χ1) is 8.66. The molecule has 0 unspecified atom stereocenters. The quantitative estimate of drug-likeness (QED) is 0.487. The third kappa shape index (κ3) is 3.01. The minimum atomic E-state index is -0.414. The highest BCUT2D eigenvalue weighted by molar-refractivity contribution is 9.10. The van der Waals surface area contributed by atoms with Crippen molar-refractivity contribution >= 4 is 33.5 Å². The van der Waals surface area contributed by atoms with Gasteiger partial charge in [-0.25, -0.2) is 0 Å². The van der Waals surface area contributed by atoms with Gasteiger partial charge in [0.1, 0.15) is 0 Å². The molecule has 90 valence electrons. The number of hydrogen-bond acceptors (Lipinski definition) is 3. The minimum Gasteiger partial charge on any atom is -0.258 e. The molecule has 0 saturated carbocycles. The monoisotopic (exact) mass is 304 g/mol. The van der Waals surface area contributed by atoms with Crippen LogP contribution in [-0.4, -0.2) is 11.1 Å². The predicted molar refractivity (Wildman–Crippen MR) is 74.5 cm³/mol. The van der Waals surface area contributed by atoms with Crippen LogP contribution in [-0.2, 0) is 0 Å². The maximum Gasteiger partial charge on any atom is 0.278 e. The van der Waals surface area contributed by atoms with Crippen LogP contribution in [0.3, 0.4) is 0 Å². The number of para-hydroxylation sites is 1. The van der Waals surface area contributed by atoms with Crippen LogP contribution in [0.1, 0.15) is 5.56 Å². The van der Waals surface area contributed by atoms with E-state index in [1.165, 1.54) is 12.3 Å². The van der Waals surface area contributed by atoms with Crippen LogP contribution >= 0.6 is 15.9 Å². The van der Waals surface area contributed by atoms with Gasteiger partial charge in [-0.2, -0.15) is 0 Å². The van der Waals surface area contributed by atoms with Gasteiger partial charge in [-0.1, -0.05) is 28.1 Å². The lowest BCUT2D eigenvalue weighted by molar-refractivity contribution is -0.385. The van der Waals surface area contributed by atoms with E-state index in [1.807, 2.05) is 24.3 Å². The Kier molecular flexibility index (Phi) is 3.84. The first-order valence-electron chi connectivity index (χ1n) is 5.20. The average Bonchev–Trinajstić information content (AvgIpc) is 2.38. The molecule has 0 heterocycles. The normalized spacial score (nSPS) is 10.7. The topological polar surface area (TPSA) is 55.5 Å². The second kappa shape index (κ2) is 5.55. The van der Waals surface area contributed by atoms with E-state index < -0.39 is 4.92 Å². The molecule has 2 aromatic carbocycles. The zero-order valence-electron chi connectivity index (χ0n) is 9.29. The van der Waals surface area contributed by atoms with Crippen molar-refractivity contribution in [1.29, 1.82) is 0 Å². The Balaban J connectivity index is 2.29. The van der Waals surface area contributed by atoms with Crippen molar-refractivity contribution in [3.05, 3.63) is 68.7 Å². The first kappa shape index (κ1) is 12.4. The highest BCUT2D eigenvalue weighted by atomic mass is 79.9. The summed E-state index contributed by atoms with van der Waals surface area (Å²) in [7, 11) is 0. The van der Waals surface area contributed by atoms with Gasteiger partial charge < -0.3 is 0 Å². The van der Waals surface area contributed by atoms with Gasteiger partial charge in [0.05, 0.1) is 16.2 Å². The number of nitro benzene ring substituents is 1. The molecule has 0 radical (unpaired) electrons. The van der Waals surface area contributed by atoms with Crippen LogP contribution < -0.4 is 0 Å². The molecule has 0 aliphatic carbocycles. The zero-order chi connectivity index (χ0) is 13.0. The van der Waals surface area contributed by atoms with Crippen molar-refractivity contribution in [3.8, 4) is 0 Å². The van der Waals surface area contributed by atoms with Crippen molar-refractivity contribution in [2.45, 2.75) is 0 Å². The maximum atomic E-state index is 10.8. The summed E-state index contributed by atoms with van der Waals surface area (Å²) >= 11 is 3.33. The van der Waals surface area contributed by atoms with E-state index in [2.05, 4.69) is 20.9 Å². The maximum absolute atomic E-state index is 10.8. The molecule has 4 nitrogen and oxygen atoms in total. The van der Waals surface area contributed by atoms with Gasteiger partial charge >= 0.3 is 0 Å². The van der Waals surface area contributed by atoms with E-state index >= 15 is 0 Å². The number of rotatable bonds is 3. The smallest absolute Gasteiger partial charge is 0.258 e. The van der Waals surface area contributed by atoms with Crippen LogP contribution in [0.25, 0.3) is 0 Å². The second-order valence-corrected chi connectivity index (χ2v) is 4.47. The molecule has 0 N–H and O–H groups in total. The third-order valence-corrected chi connectivity index (χ3v) is 2.84. The molecule has 0 aliphatic rings. The zero-order valence-corrected chi connectivity index (χ0v) is 10.9. The van der Waals surface area contributed by atoms with E-state index in [0.29, 0.717) is 5.56 Å². The fourth-order valence-corrected chi connectivity index (χ4v) is 1.70. The molecule has 2 rings (SSSR count). The van der Waals surface area contributed by atoms with E-state index in [4.69, 9.17) is 0 Å². The molecular weight excluding hydrogens is 296 g/mol. The molecule has 18 heavy (non-hydrogen) atoms. The average molecular weight is 305 g/mol. The van der Waals surface area contributed by atoms with Crippen LogP contribution in [0.15, 0.2) is 58.0 Å². The summed E-state index contributed by atoms with van der Waals surface area (Å²) in [4.78, 5) is 14.6. The van der Waals surface area contributed by atoms with Gasteiger partial charge in [0, 0.05) is 16.8 Å². The van der Waals surface area contributed by atoms with E-state index in [-0.39, 0.29) is 5.69 Å². The minimum absolute atomic E-state index is 0.0540. The summed E-state index contributed by atoms with van der Waals surface area (Å²) < 4.78 is 0.965. The van der Waals surface area contributed by atoms with Gasteiger partial charge in [-0.3, -0.25) is 15.1 Å². The third-order valence-electron chi connectivity index (χ3n) is 2.31. The molecule has 2 aromatic rings. The highest BCUT2D eigenvalue weighted by Gasteiger charge is 2.09. The van der Waals surface area contributed by atoms with Gasteiger partial charge in [0.2, 0.25) is 0 Å². The molecule has 0 amide bonds. The largest absolute Gasteiger partial charge is 0.278 e. The van der Waals surface area contributed by atoms with Gasteiger partial charge in [0.25, 0.3) is 5.69 Å². The fraction of sp³-hybridized carbons (Fsp3) is 0. The lowest BCUT2D eigenvalue weighted by Crippen LogP contribution is -1.93. The molecule has 0 saturated heterocycles. The Labute approximate surface area is 112 Å². The first-order valence-corrected chi connectivity index (χ1v) is 5.99. The molecule has 0 aromatic heterocycles. The number of nitro groups is 1. The lowest BCUT2D eigenvalue weighted by Gasteiger charge is -1.97. The Morgan fingerprint density at radius 3 is 2.44 bits per heavy atom. The summed E-state index contributed by atoms with van der Waals surface area (Å²) in [6.07, 6.45) is 1.50. The summed E-state index contributed by atoms with van der Waals surface area (Å²) in [5, 5.41) is 10.8. The summed E-state index contributed by atoms with van der Waals surface area (Å²) in [5.74, 6) is 0.